The van der Waals surface area contributed by atoms with Gasteiger partial charge in [-0.2, -0.15) is 0 Å². The fourth-order valence-electron chi connectivity index (χ4n) is 3.63. The summed E-state index contributed by atoms with van der Waals surface area (Å²) < 4.78 is 3.79. The first-order valence-electron chi connectivity index (χ1n) is 8.39. The van der Waals surface area contributed by atoms with Crippen LogP contribution in [0.3, 0.4) is 0 Å². The highest BCUT2D eigenvalue weighted by Crippen LogP contribution is 2.49. The fraction of sp³-hybridized carbons (Fsp3) is 0.556. The van der Waals surface area contributed by atoms with Gasteiger partial charge in [-0.15, -0.1) is 0 Å². The molecule has 0 bridgehead atoms. The van der Waals surface area contributed by atoms with Crippen molar-refractivity contribution in [1.82, 2.24) is 10.0 Å². The van der Waals surface area contributed by atoms with E-state index in [4.69, 9.17) is 11.6 Å². The summed E-state index contributed by atoms with van der Waals surface area (Å²) in [6.07, 6.45) is 7.74. The maximum atomic E-state index is 6.05. The summed E-state index contributed by atoms with van der Waals surface area (Å²) in [5.41, 5.74) is 3.14. The Morgan fingerprint density at radius 1 is 1.18 bits per heavy atom. The SMILES string of the molecule is CCNCCC1=C(c2ccc(Cl)cc2)SNC12CCCCC2. The summed E-state index contributed by atoms with van der Waals surface area (Å²) in [6.45, 7) is 4.27. The average molecular weight is 337 g/mol. The minimum atomic E-state index is 0.229. The van der Waals surface area contributed by atoms with Gasteiger partial charge in [-0.05, 0) is 67.6 Å². The number of hydrogen-bond acceptors (Lipinski definition) is 3. The third-order valence-corrected chi connectivity index (χ3v) is 6.25. The van der Waals surface area contributed by atoms with Crippen LogP contribution in [0.1, 0.15) is 51.0 Å². The molecule has 4 heteroatoms. The van der Waals surface area contributed by atoms with E-state index in [0.717, 1.165) is 24.5 Å². The number of benzene rings is 1. The van der Waals surface area contributed by atoms with Gasteiger partial charge in [0, 0.05) is 9.93 Å². The first-order chi connectivity index (χ1) is 10.7. The summed E-state index contributed by atoms with van der Waals surface area (Å²) >= 11 is 7.88. The van der Waals surface area contributed by atoms with Crippen LogP contribution in [0.2, 0.25) is 5.02 Å². The van der Waals surface area contributed by atoms with Crippen molar-refractivity contribution in [3.8, 4) is 0 Å². The molecule has 1 spiro atoms. The van der Waals surface area contributed by atoms with Crippen LogP contribution in [0, 0.1) is 0 Å². The van der Waals surface area contributed by atoms with Gasteiger partial charge in [-0.25, -0.2) is 4.72 Å². The quantitative estimate of drug-likeness (QED) is 0.584. The number of hydrogen-bond donors (Lipinski definition) is 2. The molecule has 0 radical (unpaired) electrons. The van der Waals surface area contributed by atoms with Gasteiger partial charge < -0.3 is 5.32 Å². The molecule has 2 N–H and O–H groups in total. The van der Waals surface area contributed by atoms with E-state index in [0.29, 0.717) is 0 Å². The number of halogens is 1. The second-order valence-corrected chi connectivity index (χ2v) is 7.52. The third-order valence-electron chi connectivity index (χ3n) is 4.82. The summed E-state index contributed by atoms with van der Waals surface area (Å²) in [7, 11) is 0. The Labute approximate surface area is 143 Å². The second kappa shape index (κ2) is 7.39. The van der Waals surface area contributed by atoms with Crippen LogP contribution in [-0.2, 0) is 0 Å². The van der Waals surface area contributed by atoms with E-state index in [1.807, 2.05) is 24.1 Å². The number of rotatable bonds is 5. The molecule has 0 aromatic heterocycles. The molecule has 120 valence electrons. The topological polar surface area (TPSA) is 24.1 Å². The van der Waals surface area contributed by atoms with Gasteiger partial charge in [0.1, 0.15) is 0 Å². The van der Waals surface area contributed by atoms with Crippen LogP contribution >= 0.6 is 23.5 Å². The third kappa shape index (κ3) is 3.38. The van der Waals surface area contributed by atoms with Crippen LogP contribution in [0.4, 0.5) is 0 Å². The Kier molecular flexibility index (Phi) is 5.50. The van der Waals surface area contributed by atoms with Crippen LogP contribution in [-0.4, -0.2) is 18.6 Å². The second-order valence-electron chi connectivity index (χ2n) is 6.27. The molecule has 1 aliphatic heterocycles. The Morgan fingerprint density at radius 2 is 1.91 bits per heavy atom. The first-order valence-corrected chi connectivity index (χ1v) is 9.59. The maximum Gasteiger partial charge on any atom is 0.0509 e. The van der Waals surface area contributed by atoms with Crippen molar-refractivity contribution in [3.05, 3.63) is 40.4 Å². The molecule has 1 saturated carbocycles. The normalized spacial score (nSPS) is 20.8. The molecule has 1 aromatic rings. The summed E-state index contributed by atoms with van der Waals surface area (Å²) in [4.78, 5) is 1.43. The standard InChI is InChI=1S/C18H25ClN2S/c1-2-20-13-10-16-17(14-6-8-15(19)9-7-14)22-21-18(16)11-4-3-5-12-18/h6-9,20-21H,2-5,10-13H2,1H3. The van der Waals surface area contributed by atoms with E-state index in [-0.39, 0.29) is 5.54 Å². The fourth-order valence-corrected chi connectivity index (χ4v) is 5.05. The molecule has 1 aliphatic carbocycles. The Balaban J connectivity index is 1.91. The summed E-state index contributed by atoms with van der Waals surface area (Å²) in [5, 5.41) is 4.29. The molecule has 0 atom stereocenters. The zero-order valence-electron chi connectivity index (χ0n) is 13.3. The van der Waals surface area contributed by atoms with Gasteiger partial charge in [0.15, 0.2) is 0 Å². The molecule has 2 aliphatic rings. The average Bonchev–Trinajstić information content (AvgIpc) is 2.88. The van der Waals surface area contributed by atoms with Gasteiger partial charge in [0.25, 0.3) is 0 Å². The lowest BCUT2D eigenvalue weighted by molar-refractivity contribution is 0.319. The summed E-state index contributed by atoms with van der Waals surface area (Å²) in [5.74, 6) is 0. The molecule has 22 heavy (non-hydrogen) atoms. The van der Waals surface area contributed by atoms with Crippen LogP contribution in [0.25, 0.3) is 4.91 Å². The van der Waals surface area contributed by atoms with E-state index in [1.54, 1.807) is 5.57 Å². The molecule has 1 fully saturated rings. The molecule has 0 saturated heterocycles. The Hall–Kier alpha value is -0.480. The highest BCUT2D eigenvalue weighted by Gasteiger charge is 2.41. The highest BCUT2D eigenvalue weighted by molar-refractivity contribution is 8.07. The smallest absolute Gasteiger partial charge is 0.0509 e. The molecular formula is C18H25ClN2S. The van der Waals surface area contributed by atoms with E-state index in [9.17, 15) is 0 Å². The largest absolute Gasteiger partial charge is 0.317 e. The highest BCUT2D eigenvalue weighted by atomic mass is 35.5. The Bertz CT molecular complexity index is 533. The zero-order chi connectivity index (χ0) is 15.4. The van der Waals surface area contributed by atoms with Crippen molar-refractivity contribution in [2.45, 2.75) is 51.0 Å². The van der Waals surface area contributed by atoms with Crippen molar-refractivity contribution in [3.63, 3.8) is 0 Å². The molecule has 3 rings (SSSR count). The van der Waals surface area contributed by atoms with Gasteiger partial charge in [-0.3, -0.25) is 0 Å². The van der Waals surface area contributed by atoms with Crippen molar-refractivity contribution in [1.29, 1.82) is 0 Å². The van der Waals surface area contributed by atoms with Gasteiger partial charge in [0.2, 0.25) is 0 Å². The first kappa shape index (κ1) is 16.4. The molecule has 1 aromatic carbocycles. The van der Waals surface area contributed by atoms with Crippen LogP contribution in [0.15, 0.2) is 29.8 Å². The lowest BCUT2D eigenvalue weighted by Gasteiger charge is -2.36. The number of nitrogens with one attached hydrogen (secondary N) is 2. The van der Waals surface area contributed by atoms with Crippen molar-refractivity contribution >= 4 is 28.5 Å². The lowest BCUT2D eigenvalue weighted by Crippen LogP contribution is -2.42. The summed E-state index contributed by atoms with van der Waals surface area (Å²) in [6, 6.07) is 8.30. The minimum absolute atomic E-state index is 0.229. The van der Waals surface area contributed by atoms with Crippen molar-refractivity contribution in [2.24, 2.45) is 0 Å². The van der Waals surface area contributed by atoms with E-state index < -0.39 is 0 Å². The monoisotopic (exact) mass is 336 g/mol. The van der Waals surface area contributed by atoms with Crippen molar-refractivity contribution < 1.29 is 0 Å². The van der Waals surface area contributed by atoms with Crippen molar-refractivity contribution in [2.75, 3.05) is 13.1 Å². The zero-order valence-corrected chi connectivity index (χ0v) is 14.8. The molecular weight excluding hydrogens is 312 g/mol. The van der Waals surface area contributed by atoms with E-state index in [2.05, 4.69) is 29.1 Å². The predicted octanol–water partition coefficient (Wildman–Crippen LogP) is 5.01. The molecule has 1 heterocycles. The predicted molar refractivity (Wildman–Crippen MR) is 98.1 cm³/mol. The Morgan fingerprint density at radius 3 is 2.59 bits per heavy atom. The van der Waals surface area contributed by atoms with Crippen LogP contribution in [0.5, 0.6) is 0 Å². The van der Waals surface area contributed by atoms with Gasteiger partial charge in [0.05, 0.1) is 5.54 Å². The van der Waals surface area contributed by atoms with Crippen LogP contribution < -0.4 is 10.0 Å². The minimum Gasteiger partial charge on any atom is -0.317 e. The van der Waals surface area contributed by atoms with Gasteiger partial charge >= 0.3 is 0 Å². The maximum absolute atomic E-state index is 6.05. The van der Waals surface area contributed by atoms with E-state index in [1.165, 1.54) is 42.6 Å². The molecule has 0 unspecified atom stereocenters. The lowest BCUT2D eigenvalue weighted by atomic mass is 9.75. The molecule has 2 nitrogen and oxygen atoms in total. The molecule has 0 amide bonds. The van der Waals surface area contributed by atoms with Gasteiger partial charge in [-0.1, -0.05) is 49.9 Å². The van der Waals surface area contributed by atoms with E-state index >= 15 is 0 Å².